The molecule has 0 saturated carbocycles. The third kappa shape index (κ3) is 4.36. The van der Waals surface area contributed by atoms with E-state index in [1.165, 1.54) is 0 Å². The first kappa shape index (κ1) is 11.9. The van der Waals surface area contributed by atoms with E-state index in [0.29, 0.717) is 5.95 Å². The van der Waals surface area contributed by atoms with Gasteiger partial charge in [0.15, 0.2) is 0 Å². The molecule has 1 aromatic heterocycles. The molecule has 1 amide bonds. The molecular formula is C9H12N4O3. The Morgan fingerprint density at radius 2 is 2.19 bits per heavy atom. The van der Waals surface area contributed by atoms with Gasteiger partial charge in [0, 0.05) is 11.9 Å². The van der Waals surface area contributed by atoms with Crippen LogP contribution < -0.4 is 10.6 Å². The first-order valence-electron chi connectivity index (χ1n) is 4.60. The van der Waals surface area contributed by atoms with Crippen molar-refractivity contribution >= 4 is 17.8 Å². The molecule has 86 valence electrons. The molecule has 3 N–H and O–H groups in total. The van der Waals surface area contributed by atoms with Crippen LogP contribution >= 0.6 is 0 Å². The van der Waals surface area contributed by atoms with Crippen molar-refractivity contribution in [2.75, 3.05) is 18.4 Å². The van der Waals surface area contributed by atoms with Gasteiger partial charge in [-0.15, -0.1) is 0 Å². The molecule has 0 bridgehead atoms. The van der Waals surface area contributed by atoms with Gasteiger partial charge in [-0.1, -0.05) is 0 Å². The van der Waals surface area contributed by atoms with Crippen LogP contribution in [-0.2, 0) is 9.59 Å². The maximum Gasteiger partial charge on any atom is 0.322 e. The number of carbonyl (C=O) groups excluding carboxylic acids is 1. The largest absolute Gasteiger partial charge is 0.480 e. The van der Waals surface area contributed by atoms with Gasteiger partial charge in [-0.3, -0.25) is 9.59 Å². The molecule has 1 rings (SSSR count). The van der Waals surface area contributed by atoms with E-state index in [1.54, 1.807) is 19.2 Å². The zero-order valence-electron chi connectivity index (χ0n) is 8.73. The number of rotatable bonds is 5. The SMILES string of the molecule is Cc1ccnc(NCC(=O)NCC(=O)O)n1. The van der Waals surface area contributed by atoms with Gasteiger partial charge in [-0.05, 0) is 13.0 Å². The second kappa shape index (κ2) is 5.64. The molecule has 1 heterocycles. The van der Waals surface area contributed by atoms with Gasteiger partial charge in [0.05, 0.1) is 6.54 Å². The fourth-order valence-electron chi connectivity index (χ4n) is 0.930. The van der Waals surface area contributed by atoms with E-state index in [0.717, 1.165) is 5.69 Å². The van der Waals surface area contributed by atoms with Crippen LogP contribution in [0.2, 0.25) is 0 Å². The molecule has 0 spiro atoms. The van der Waals surface area contributed by atoms with Crippen LogP contribution in [0, 0.1) is 6.92 Å². The second-order valence-corrected chi connectivity index (χ2v) is 3.05. The van der Waals surface area contributed by atoms with Crippen molar-refractivity contribution in [3.63, 3.8) is 0 Å². The summed E-state index contributed by atoms with van der Waals surface area (Å²) in [6.45, 7) is 1.35. The van der Waals surface area contributed by atoms with Crippen LogP contribution in [0.5, 0.6) is 0 Å². The van der Waals surface area contributed by atoms with E-state index in [9.17, 15) is 9.59 Å². The summed E-state index contributed by atoms with van der Waals surface area (Å²) in [7, 11) is 0. The molecule has 0 aliphatic rings. The molecule has 7 nitrogen and oxygen atoms in total. The number of aromatic nitrogens is 2. The standard InChI is InChI=1S/C9H12N4O3/c1-6-2-3-10-9(13-6)12-4-7(14)11-5-8(15)16/h2-3H,4-5H2,1H3,(H,11,14)(H,15,16)(H,10,12,13). The topological polar surface area (TPSA) is 104 Å². The summed E-state index contributed by atoms with van der Waals surface area (Å²) in [6.07, 6.45) is 1.57. The summed E-state index contributed by atoms with van der Waals surface area (Å²) in [5.74, 6) is -1.17. The van der Waals surface area contributed by atoms with Crippen LogP contribution in [0.25, 0.3) is 0 Å². The number of nitrogens with one attached hydrogen (secondary N) is 2. The predicted octanol–water partition coefficient (Wildman–Crippen LogP) is -0.602. The minimum Gasteiger partial charge on any atom is -0.480 e. The number of hydrogen-bond donors (Lipinski definition) is 3. The Bertz CT molecular complexity index is 394. The normalized spacial score (nSPS) is 9.56. The number of anilines is 1. The van der Waals surface area contributed by atoms with Crippen molar-refractivity contribution < 1.29 is 14.7 Å². The van der Waals surface area contributed by atoms with E-state index in [4.69, 9.17) is 5.11 Å². The zero-order chi connectivity index (χ0) is 12.0. The lowest BCUT2D eigenvalue weighted by Gasteiger charge is -2.04. The van der Waals surface area contributed by atoms with Gasteiger partial charge in [0.25, 0.3) is 0 Å². The molecule has 0 fully saturated rings. The second-order valence-electron chi connectivity index (χ2n) is 3.05. The lowest BCUT2D eigenvalue weighted by atomic mass is 10.4. The predicted molar refractivity (Wildman–Crippen MR) is 55.9 cm³/mol. The van der Waals surface area contributed by atoms with Gasteiger partial charge in [-0.2, -0.15) is 0 Å². The minimum absolute atomic E-state index is 0.0588. The van der Waals surface area contributed by atoms with Crippen molar-refractivity contribution in [1.29, 1.82) is 0 Å². The smallest absolute Gasteiger partial charge is 0.322 e. The van der Waals surface area contributed by atoms with Gasteiger partial charge >= 0.3 is 5.97 Å². The Hall–Kier alpha value is -2.18. The summed E-state index contributed by atoms with van der Waals surface area (Å²) in [5, 5.41) is 13.2. The number of aliphatic carboxylic acids is 1. The molecule has 0 aliphatic carbocycles. The Morgan fingerprint density at radius 1 is 1.44 bits per heavy atom. The summed E-state index contributed by atoms with van der Waals surface area (Å²) in [6, 6.07) is 1.73. The highest BCUT2D eigenvalue weighted by Gasteiger charge is 2.04. The zero-order valence-corrected chi connectivity index (χ0v) is 8.73. The van der Waals surface area contributed by atoms with Crippen molar-refractivity contribution in [2.24, 2.45) is 0 Å². The Labute approximate surface area is 91.9 Å². The molecule has 0 radical (unpaired) electrons. The van der Waals surface area contributed by atoms with Crippen molar-refractivity contribution in [2.45, 2.75) is 6.92 Å². The molecular weight excluding hydrogens is 212 g/mol. The average Bonchev–Trinajstić information content (AvgIpc) is 2.23. The van der Waals surface area contributed by atoms with Crippen molar-refractivity contribution in [3.05, 3.63) is 18.0 Å². The van der Waals surface area contributed by atoms with Gasteiger partial charge in [-0.25, -0.2) is 9.97 Å². The lowest BCUT2D eigenvalue weighted by Crippen LogP contribution is -2.34. The maximum absolute atomic E-state index is 11.1. The van der Waals surface area contributed by atoms with Crippen LogP contribution in [0.15, 0.2) is 12.3 Å². The van der Waals surface area contributed by atoms with Gasteiger partial charge < -0.3 is 15.7 Å². The summed E-state index contributed by atoms with van der Waals surface area (Å²) >= 11 is 0. The highest BCUT2D eigenvalue weighted by Crippen LogP contribution is 1.97. The molecule has 7 heteroatoms. The fourth-order valence-corrected chi connectivity index (χ4v) is 0.930. The number of carbonyl (C=O) groups is 2. The van der Waals surface area contributed by atoms with Crippen LogP contribution in [-0.4, -0.2) is 40.0 Å². The number of carboxylic acids is 1. The molecule has 16 heavy (non-hydrogen) atoms. The maximum atomic E-state index is 11.1. The monoisotopic (exact) mass is 224 g/mol. The first-order valence-corrected chi connectivity index (χ1v) is 4.60. The van der Waals surface area contributed by atoms with E-state index in [-0.39, 0.29) is 6.54 Å². The van der Waals surface area contributed by atoms with E-state index >= 15 is 0 Å². The van der Waals surface area contributed by atoms with Crippen LogP contribution in [0.3, 0.4) is 0 Å². The summed E-state index contributed by atoms with van der Waals surface area (Å²) in [4.78, 5) is 29.2. The Balaban J connectivity index is 2.34. The molecule has 0 aromatic carbocycles. The van der Waals surface area contributed by atoms with E-state index in [2.05, 4.69) is 20.6 Å². The number of aryl methyl sites for hydroxylation is 1. The molecule has 0 atom stereocenters. The van der Waals surface area contributed by atoms with E-state index < -0.39 is 18.4 Å². The van der Waals surface area contributed by atoms with Gasteiger partial charge in [0.2, 0.25) is 11.9 Å². The number of carboxylic acid groups (broad SMARTS) is 1. The number of hydrogen-bond acceptors (Lipinski definition) is 5. The molecule has 1 aromatic rings. The lowest BCUT2D eigenvalue weighted by molar-refractivity contribution is -0.137. The van der Waals surface area contributed by atoms with Crippen molar-refractivity contribution in [1.82, 2.24) is 15.3 Å². The first-order chi connectivity index (χ1) is 7.58. The molecule has 0 unspecified atom stereocenters. The highest BCUT2D eigenvalue weighted by atomic mass is 16.4. The molecule has 0 aliphatic heterocycles. The van der Waals surface area contributed by atoms with Crippen LogP contribution in [0.1, 0.15) is 5.69 Å². The van der Waals surface area contributed by atoms with E-state index in [1.807, 2.05) is 0 Å². The fraction of sp³-hybridized carbons (Fsp3) is 0.333. The number of amides is 1. The Kier molecular flexibility index (Phi) is 4.19. The summed E-state index contributed by atoms with van der Waals surface area (Å²) < 4.78 is 0. The highest BCUT2D eigenvalue weighted by molar-refractivity contribution is 5.83. The third-order valence-corrected chi connectivity index (χ3v) is 1.64. The minimum atomic E-state index is -1.08. The van der Waals surface area contributed by atoms with Crippen LogP contribution in [0.4, 0.5) is 5.95 Å². The third-order valence-electron chi connectivity index (χ3n) is 1.64. The van der Waals surface area contributed by atoms with Gasteiger partial charge in [0.1, 0.15) is 6.54 Å². The Morgan fingerprint density at radius 3 is 2.81 bits per heavy atom. The quantitative estimate of drug-likeness (QED) is 0.616. The van der Waals surface area contributed by atoms with Crippen molar-refractivity contribution in [3.8, 4) is 0 Å². The summed E-state index contributed by atoms with van der Waals surface area (Å²) in [5.41, 5.74) is 0.781. The number of nitrogens with zero attached hydrogens (tertiary/aromatic N) is 2. The molecule has 0 saturated heterocycles. The average molecular weight is 224 g/mol.